The molecule has 2 heteroatoms. The summed E-state index contributed by atoms with van der Waals surface area (Å²) in [6.07, 6.45) is 0.755. The minimum Gasteiger partial charge on any atom is -0.500 e. The van der Waals surface area contributed by atoms with Gasteiger partial charge in [-0.1, -0.05) is 37.3 Å². The Labute approximate surface area is 89.6 Å². The second-order valence-corrected chi connectivity index (χ2v) is 3.61. The van der Waals surface area contributed by atoms with Gasteiger partial charge in [0.25, 0.3) is 0 Å². The SMILES string of the molecule is CCC1=C(OC)C(c2ccccc2)C1=O. The summed E-state index contributed by atoms with van der Waals surface area (Å²) in [6, 6.07) is 9.77. The molecule has 1 unspecified atom stereocenters. The molecule has 0 heterocycles. The molecule has 2 rings (SSSR count). The molecule has 1 atom stereocenters. The summed E-state index contributed by atoms with van der Waals surface area (Å²) >= 11 is 0. The zero-order valence-corrected chi connectivity index (χ0v) is 8.99. The number of ether oxygens (including phenoxy) is 1. The van der Waals surface area contributed by atoms with E-state index in [1.165, 1.54) is 0 Å². The fraction of sp³-hybridized carbons (Fsp3) is 0.308. The molecular weight excluding hydrogens is 188 g/mol. The third-order valence-electron chi connectivity index (χ3n) is 2.83. The Morgan fingerprint density at radius 1 is 1.27 bits per heavy atom. The summed E-state index contributed by atoms with van der Waals surface area (Å²) in [5, 5.41) is 0. The predicted octanol–water partition coefficient (Wildman–Crippen LogP) is 2.66. The van der Waals surface area contributed by atoms with Crippen molar-refractivity contribution in [1.29, 1.82) is 0 Å². The molecule has 78 valence electrons. The fourth-order valence-electron chi connectivity index (χ4n) is 2.05. The highest BCUT2D eigenvalue weighted by molar-refractivity contribution is 6.09. The molecule has 0 radical (unpaired) electrons. The first-order valence-corrected chi connectivity index (χ1v) is 5.15. The maximum absolute atomic E-state index is 11.8. The highest BCUT2D eigenvalue weighted by Crippen LogP contribution is 2.40. The van der Waals surface area contributed by atoms with Crippen molar-refractivity contribution in [3.63, 3.8) is 0 Å². The molecule has 0 aromatic heterocycles. The van der Waals surface area contributed by atoms with Crippen LogP contribution in [-0.4, -0.2) is 12.9 Å². The van der Waals surface area contributed by atoms with E-state index in [0.29, 0.717) is 0 Å². The van der Waals surface area contributed by atoms with Gasteiger partial charge in [-0.05, 0) is 12.0 Å². The van der Waals surface area contributed by atoms with Crippen LogP contribution in [0.15, 0.2) is 41.7 Å². The Morgan fingerprint density at radius 3 is 2.47 bits per heavy atom. The number of carbonyl (C=O) groups is 1. The first kappa shape index (κ1) is 9.97. The molecular formula is C13H14O2. The maximum atomic E-state index is 11.8. The zero-order chi connectivity index (χ0) is 10.8. The fourth-order valence-corrected chi connectivity index (χ4v) is 2.05. The number of carbonyl (C=O) groups excluding carboxylic acids is 1. The molecule has 0 aliphatic heterocycles. The van der Waals surface area contributed by atoms with Gasteiger partial charge < -0.3 is 4.74 Å². The summed E-state index contributed by atoms with van der Waals surface area (Å²) in [7, 11) is 1.63. The van der Waals surface area contributed by atoms with E-state index in [-0.39, 0.29) is 11.7 Å². The van der Waals surface area contributed by atoms with Crippen molar-refractivity contribution >= 4 is 5.78 Å². The molecule has 1 aliphatic carbocycles. The normalized spacial score (nSPS) is 20.1. The van der Waals surface area contributed by atoms with Gasteiger partial charge in [-0.25, -0.2) is 0 Å². The minimum absolute atomic E-state index is 0.161. The second-order valence-electron chi connectivity index (χ2n) is 3.61. The Hall–Kier alpha value is -1.57. The Balaban J connectivity index is 2.35. The molecule has 1 aromatic carbocycles. The largest absolute Gasteiger partial charge is 0.500 e. The van der Waals surface area contributed by atoms with Gasteiger partial charge in [0.2, 0.25) is 0 Å². The molecule has 0 fully saturated rings. The van der Waals surface area contributed by atoms with Gasteiger partial charge in [0.1, 0.15) is 11.7 Å². The Bertz CT molecular complexity index is 404. The number of rotatable bonds is 3. The molecule has 0 saturated carbocycles. The molecule has 0 saturated heterocycles. The summed E-state index contributed by atoms with van der Waals surface area (Å²) in [6.45, 7) is 1.98. The third-order valence-corrected chi connectivity index (χ3v) is 2.83. The van der Waals surface area contributed by atoms with E-state index < -0.39 is 0 Å². The van der Waals surface area contributed by atoms with E-state index in [9.17, 15) is 4.79 Å². The van der Waals surface area contributed by atoms with Gasteiger partial charge in [-0.15, -0.1) is 0 Å². The summed E-state index contributed by atoms with van der Waals surface area (Å²) in [5.74, 6) is 0.889. The highest BCUT2D eigenvalue weighted by Gasteiger charge is 2.40. The van der Waals surface area contributed by atoms with E-state index in [1.54, 1.807) is 7.11 Å². The second kappa shape index (κ2) is 3.89. The van der Waals surface area contributed by atoms with Crippen LogP contribution >= 0.6 is 0 Å². The average Bonchev–Trinajstić information content (AvgIpc) is 2.27. The van der Waals surface area contributed by atoms with Crippen LogP contribution in [0.2, 0.25) is 0 Å². The number of methoxy groups -OCH3 is 1. The molecule has 0 spiro atoms. The molecule has 0 amide bonds. The van der Waals surface area contributed by atoms with E-state index in [2.05, 4.69) is 0 Å². The van der Waals surface area contributed by atoms with E-state index >= 15 is 0 Å². The number of hydrogen-bond acceptors (Lipinski definition) is 2. The molecule has 0 N–H and O–H groups in total. The van der Waals surface area contributed by atoms with Crippen LogP contribution in [0.4, 0.5) is 0 Å². The summed E-state index contributed by atoms with van der Waals surface area (Å²) in [4.78, 5) is 11.8. The lowest BCUT2D eigenvalue weighted by molar-refractivity contribution is -0.119. The molecule has 15 heavy (non-hydrogen) atoms. The summed E-state index contributed by atoms with van der Waals surface area (Å²) < 4.78 is 5.29. The number of hydrogen-bond donors (Lipinski definition) is 0. The molecule has 1 aliphatic rings. The van der Waals surface area contributed by atoms with Gasteiger partial charge in [0.05, 0.1) is 7.11 Å². The van der Waals surface area contributed by atoms with E-state index in [4.69, 9.17) is 4.74 Å². The smallest absolute Gasteiger partial charge is 0.177 e. The first-order chi connectivity index (χ1) is 7.29. The van der Waals surface area contributed by atoms with Gasteiger partial charge >= 0.3 is 0 Å². The van der Waals surface area contributed by atoms with Crippen molar-refractivity contribution in [2.45, 2.75) is 19.3 Å². The van der Waals surface area contributed by atoms with Gasteiger partial charge in [0.15, 0.2) is 5.78 Å². The van der Waals surface area contributed by atoms with E-state index in [0.717, 1.165) is 23.3 Å². The topological polar surface area (TPSA) is 26.3 Å². The monoisotopic (exact) mass is 202 g/mol. The lowest BCUT2D eigenvalue weighted by atomic mass is 9.76. The number of allylic oxidation sites excluding steroid dienone is 2. The molecule has 1 aromatic rings. The van der Waals surface area contributed by atoms with Crippen LogP contribution in [0.25, 0.3) is 0 Å². The van der Waals surface area contributed by atoms with Crippen molar-refractivity contribution < 1.29 is 9.53 Å². The lowest BCUT2D eigenvalue weighted by Gasteiger charge is -2.30. The standard InChI is InChI=1S/C13H14O2/c1-3-10-12(14)11(13(10)15-2)9-7-5-4-6-8-9/h4-8,11H,3H2,1-2H3. The van der Waals surface area contributed by atoms with Crippen molar-refractivity contribution in [1.82, 2.24) is 0 Å². The van der Waals surface area contributed by atoms with Gasteiger partial charge in [0, 0.05) is 5.57 Å². The van der Waals surface area contributed by atoms with Crippen molar-refractivity contribution in [3.05, 3.63) is 47.2 Å². The van der Waals surface area contributed by atoms with Crippen molar-refractivity contribution in [2.75, 3.05) is 7.11 Å². The van der Waals surface area contributed by atoms with Crippen LogP contribution in [0.3, 0.4) is 0 Å². The zero-order valence-electron chi connectivity index (χ0n) is 8.99. The molecule has 0 bridgehead atoms. The Kier molecular flexibility index (Phi) is 2.58. The minimum atomic E-state index is -0.161. The number of benzene rings is 1. The van der Waals surface area contributed by atoms with Gasteiger partial charge in [-0.3, -0.25) is 4.79 Å². The maximum Gasteiger partial charge on any atom is 0.177 e. The average molecular weight is 202 g/mol. The van der Waals surface area contributed by atoms with Gasteiger partial charge in [-0.2, -0.15) is 0 Å². The third kappa shape index (κ3) is 1.46. The van der Waals surface area contributed by atoms with Crippen LogP contribution in [0.1, 0.15) is 24.8 Å². The first-order valence-electron chi connectivity index (χ1n) is 5.15. The van der Waals surface area contributed by atoms with E-state index in [1.807, 2.05) is 37.3 Å². The Morgan fingerprint density at radius 2 is 1.93 bits per heavy atom. The van der Waals surface area contributed by atoms with Crippen LogP contribution in [-0.2, 0) is 9.53 Å². The number of ketones is 1. The van der Waals surface area contributed by atoms with Crippen molar-refractivity contribution in [2.24, 2.45) is 0 Å². The van der Waals surface area contributed by atoms with Crippen LogP contribution < -0.4 is 0 Å². The quantitative estimate of drug-likeness (QED) is 0.753. The molecule has 2 nitrogen and oxygen atoms in total. The van der Waals surface area contributed by atoms with Crippen molar-refractivity contribution in [3.8, 4) is 0 Å². The number of Topliss-reactive ketones (excluding diaryl/α,β-unsaturated/α-hetero) is 1. The van der Waals surface area contributed by atoms with Crippen LogP contribution in [0.5, 0.6) is 0 Å². The predicted molar refractivity (Wildman–Crippen MR) is 58.5 cm³/mol. The lowest BCUT2D eigenvalue weighted by Crippen LogP contribution is -2.30. The summed E-state index contributed by atoms with van der Waals surface area (Å²) in [5.41, 5.74) is 1.86. The van der Waals surface area contributed by atoms with Crippen LogP contribution in [0, 0.1) is 0 Å². The highest BCUT2D eigenvalue weighted by atomic mass is 16.5.